The van der Waals surface area contributed by atoms with Crippen LogP contribution in [0.1, 0.15) is 62.5 Å². The van der Waals surface area contributed by atoms with Crippen molar-refractivity contribution >= 4 is 0 Å². The molecule has 2 heteroatoms. The first-order chi connectivity index (χ1) is 8.81. The summed E-state index contributed by atoms with van der Waals surface area (Å²) in [4.78, 5) is 0. The SMILES string of the molecule is CCCCC(CCCCN)c1ccc(CN)cc1. The van der Waals surface area contributed by atoms with Crippen LogP contribution < -0.4 is 11.5 Å². The third kappa shape index (κ3) is 5.19. The van der Waals surface area contributed by atoms with Gasteiger partial charge in [-0.1, -0.05) is 50.5 Å². The number of hydrogen-bond acceptors (Lipinski definition) is 2. The Morgan fingerprint density at radius 3 is 2.17 bits per heavy atom. The van der Waals surface area contributed by atoms with Gasteiger partial charge in [0, 0.05) is 6.54 Å². The molecule has 1 unspecified atom stereocenters. The van der Waals surface area contributed by atoms with Crippen molar-refractivity contribution in [1.82, 2.24) is 0 Å². The highest BCUT2D eigenvalue weighted by molar-refractivity contribution is 5.25. The average Bonchev–Trinajstić information content (AvgIpc) is 2.43. The molecule has 0 fully saturated rings. The molecular formula is C16H28N2. The maximum Gasteiger partial charge on any atom is 0.0178 e. The van der Waals surface area contributed by atoms with E-state index >= 15 is 0 Å². The molecule has 0 aliphatic heterocycles. The van der Waals surface area contributed by atoms with Gasteiger partial charge in [0.2, 0.25) is 0 Å². The molecule has 0 amide bonds. The van der Waals surface area contributed by atoms with Gasteiger partial charge < -0.3 is 11.5 Å². The van der Waals surface area contributed by atoms with Gasteiger partial charge in [0.1, 0.15) is 0 Å². The first-order valence-electron chi connectivity index (χ1n) is 7.30. The van der Waals surface area contributed by atoms with Gasteiger partial charge in [-0.2, -0.15) is 0 Å². The van der Waals surface area contributed by atoms with Crippen LogP contribution >= 0.6 is 0 Å². The minimum atomic E-state index is 0.632. The quantitative estimate of drug-likeness (QED) is 0.657. The Balaban J connectivity index is 2.60. The Kier molecular flexibility index (Phi) is 7.70. The van der Waals surface area contributed by atoms with E-state index in [1.54, 1.807) is 0 Å². The van der Waals surface area contributed by atoms with Crippen LogP contribution in [0.15, 0.2) is 24.3 Å². The molecular weight excluding hydrogens is 220 g/mol. The summed E-state index contributed by atoms with van der Waals surface area (Å²) in [5, 5.41) is 0. The summed E-state index contributed by atoms with van der Waals surface area (Å²) >= 11 is 0. The van der Waals surface area contributed by atoms with Gasteiger partial charge in [0.25, 0.3) is 0 Å². The summed E-state index contributed by atoms with van der Waals surface area (Å²) < 4.78 is 0. The molecule has 4 N–H and O–H groups in total. The largest absolute Gasteiger partial charge is 0.330 e. The number of benzene rings is 1. The fourth-order valence-corrected chi connectivity index (χ4v) is 2.39. The van der Waals surface area contributed by atoms with Crippen molar-refractivity contribution in [2.24, 2.45) is 11.5 Å². The van der Waals surface area contributed by atoms with Crippen molar-refractivity contribution in [3.63, 3.8) is 0 Å². The van der Waals surface area contributed by atoms with E-state index in [0.29, 0.717) is 12.5 Å². The maximum absolute atomic E-state index is 5.64. The van der Waals surface area contributed by atoms with Gasteiger partial charge in [-0.05, 0) is 42.9 Å². The van der Waals surface area contributed by atoms with E-state index in [2.05, 4.69) is 31.2 Å². The van der Waals surface area contributed by atoms with E-state index in [-0.39, 0.29) is 0 Å². The zero-order valence-corrected chi connectivity index (χ0v) is 11.7. The van der Waals surface area contributed by atoms with Crippen LogP contribution in [0.3, 0.4) is 0 Å². The van der Waals surface area contributed by atoms with Crippen LogP contribution in [0.25, 0.3) is 0 Å². The lowest BCUT2D eigenvalue weighted by Crippen LogP contribution is -2.03. The summed E-state index contributed by atoms with van der Waals surface area (Å²) in [5.74, 6) is 0.698. The van der Waals surface area contributed by atoms with Crippen molar-refractivity contribution in [2.45, 2.75) is 57.9 Å². The van der Waals surface area contributed by atoms with Crippen molar-refractivity contribution in [3.05, 3.63) is 35.4 Å². The van der Waals surface area contributed by atoms with Crippen LogP contribution in [0, 0.1) is 0 Å². The second-order valence-electron chi connectivity index (χ2n) is 5.07. The lowest BCUT2D eigenvalue weighted by molar-refractivity contribution is 0.519. The average molecular weight is 248 g/mol. The number of rotatable bonds is 9. The molecule has 0 saturated carbocycles. The predicted molar refractivity (Wildman–Crippen MR) is 79.5 cm³/mol. The van der Waals surface area contributed by atoms with E-state index in [0.717, 1.165) is 13.0 Å². The molecule has 0 heterocycles. The van der Waals surface area contributed by atoms with Crippen LogP contribution in [-0.4, -0.2) is 6.54 Å². The Bertz CT molecular complexity index is 305. The highest BCUT2D eigenvalue weighted by Crippen LogP contribution is 2.27. The van der Waals surface area contributed by atoms with Gasteiger partial charge >= 0.3 is 0 Å². The molecule has 2 nitrogen and oxygen atoms in total. The van der Waals surface area contributed by atoms with Crippen LogP contribution in [0.2, 0.25) is 0 Å². The van der Waals surface area contributed by atoms with Gasteiger partial charge in [-0.15, -0.1) is 0 Å². The van der Waals surface area contributed by atoms with Gasteiger partial charge in [-0.25, -0.2) is 0 Å². The first-order valence-corrected chi connectivity index (χ1v) is 7.30. The van der Waals surface area contributed by atoms with Crippen molar-refractivity contribution in [2.75, 3.05) is 6.54 Å². The molecule has 0 aromatic heterocycles. The third-order valence-corrected chi connectivity index (χ3v) is 3.60. The normalized spacial score (nSPS) is 12.6. The second kappa shape index (κ2) is 9.12. The third-order valence-electron chi connectivity index (χ3n) is 3.60. The second-order valence-corrected chi connectivity index (χ2v) is 5.07. The summed E-state index contributed by atoms with van der Waals surface area (Å²) in [6, 6.07) is 8.84. The van der Waals surface area contributed by atoms with E-state index in [4.69, 9.17) is 11.5 Å². The molecule has 0 radical (unpaired) electrons. The van der Waals surface area contributed by atoms with Gasteiger partial charge in [-0.3, -0.25) is 0 Å². The van der Waals surface area contributed by atoms with Crippen LogP contribution in [-0.2, 0) is 6.54 Å². The van der Waals surface area contributed by atoms with Crippen molar-refractivity contribution in [3.8, 4) is 0 Å². The molecule has 0 saturated heterocycles. The predicted octanol–water partition coefficient (Wildman–Crippen LogP) is 3.55. The molecule has 0 aliphatic carbocycles. The Morgan fingerprint density at radius 2 is 1.61 bits per heavy atom. The standard InChI is InChI=1S/C16H28N2/c1-2-3-6-15(7-4-5-12-17)16-10-8-14(13-18)9-11-16/h8-11,15H,2-7,12-13,17-18H2,1H3. The van der Waals surface area contributed by atoms with Crippen molar-refractivity contribution < 1.29 is 0 Å². The van der Waals surface area contributed by atoms with Crippen molar-refractivity contribution in [1.29, 1.82) is 0 Å². The molecule has 1 rings (SSSR count). The summed E-state index contributed by atoms with van der Waals surface area (Å²) in [6.45, 7) is 3.70. The van der Waals surface area contributed by atoms with E-state index in [1.807, 2.05) is 0 Å². The minimum absolute atomic E-state index is 0.632. The zero-order chi connectivity index (χ0) is 13.2. The topological polar surface area (TPSA) is 52.0 Å². The fourth-order valence-electron chi connectivity index (χ4n) is 2.39. The lowest BCUT2D eigenvalue weighted by Gasteiger charge is -2.17. The number of unbranched alkanes of at least 4 members (excludes halogenated alkanes) is 2. The monoisotopic (exact) mass is 248 g/mol. The molecule has 1 aromatic rings. The van der Waals surface area contributed by atoms with Gasteiger partial charge in [0.15, 0.2) is 0 Å². The molecule has 0 aliphatic rings. The Hall–Kier alpha value is -0.860. The number of nitrogens with two attached hydrogens (primary N) is 2. The highest BCUT2D eigenvalue weighted by atomic mass is 14.5. The molecule has 102 valence electrons. The smallest absolute Gasteiger partial charge is 0.0178 e. The maximum atomic E-state index is 5.64. The minimum Gasteiger partial charge on any atom is -0.330 e. The first kappa shape index (κ1) is 15.2. The molecule has 0 spiro atoms. The van der Waals surface area contributed by atoms with Crippen LogP contribution in [0.4, 0.5) is 0 Å². The number of hydrogen-bond donors (Lipinski definition) is 2. The molecule has 0 bridgehead atoms. The van der Waals surface area contributed by atoms with E-state index < -0.39 is 0 Å². The molecule has 18 heavy (non-hydrogen) atoms. The fraction of sp³-hybridized carbons (Fsp3) is 0.625. The van der Waals surface area contributed by atoms with Crippen LogP contribution in [0.5, 0.6) is 0 Å². The van der Waals surface area contributed by atoms with Gasteiger partial charge in [0.05, 0.1) is 0 Å². The summed E-state index contributed by atoms with van der Waals surface area (Å²) in [7, 11) is 0. The Morgan fingerprint density at radius 1 is 0.944 bits per heavy atom. The summed E-state index contributed by atoms with van der Waals surface area (Å²) in [6.07, 6.45) is 7.52. The highest BCUT2D eigenvalue weighted by Gasteiger charge is 2.10. The molecule has 1 aromatic carbocycles. The Labute approximate surface area is 112 Å². The summed E-state index contributed by atoms with van der Waals surface area (Å²) in [5.41, 5.74) is 13.9. The molecule has 1 atom stereocenters. The van der Waals surface area contributed by atoms with E-state index in [9.17, 15) is 0 Å². The lowest BCUT2D eigenvalue weighted by atomic mass is 9.88. The zero-order valence-electron chi connectivity index (χ0n) is 11.7. The van der Waals surface area contributed by atoms with E-state index in [1.165, 1.54) is 43.2 Å².